The summed E-state index contributed by atoms with van der Waals surface area (Å²) in [6, 6.07) is 0. The van der Waals surface area contributed by atoms with Crippen molar-refractivity contribution in [3.63, 3.8) is 0 Å². The number of nitrogens with zero attached hydrogens (tertiary/aromatic N) is 18. The number of aliphatic hydroxyl groups is 7. The highest BCUT2D eigenvalue weighted by Gasteiger charge is 2.35. The van der Waals surface area contributed by atoms with Crippen molar-refractivity contribution >= 4 is 67.0 Å². The van der Waals surface area contributed by atoms with E-state index in [-0.39, 0.29) is 92.6 Å². The van der Waals surface area contributed by atoms with Crippen LogP contribution < -0.4 is 79.0 Å². The summed E-state index contributed by atoms with van der Waals surface area (Å²) in [6.07, 6.45) is 10.00. The van der Waals surface area contributed by atoms with Crippen molar-refractivity contribution in [2.75, 3.05) is 32.9 Å². The Kier molecular flexibility index (Phi) is 29.9. The van der Waals surface area contributed by atoms with Crippen molar-refractivity contribution in [3.8, 4) is 0 Å². The summed E-state index contributed by atoms with van der Waals surface area (Å²) in [5, 5.41) is 61.6. The Morgan fingerprint density at radius 1 is 0.476 bits per heavy atom. The zero-order valence-electron chi connectivity index (χ0n) is 60.0. The fourth-order valence-electron chi connectivity index (χ4n) is 9.97. The number of aliphatic hydroxyl groups excluding tert-OH is 5. The number of nitrogens with one attached hydrogen (secondary N) is 6. The van der Waals surface area contributed by atoms with Gasteiger partial charge in [0.05, 0.1) is 81.6 Å². The second kappa shape index (κ2) is 36.6. The molecule has 0 amide bonds. The van der Waals surface area contributed by atoms with Gasteiger partial charge in [-0.05, 0) is 52.4 Å². The largest absolute Gasteiger partial charge is 0.412 e. The van der Waals surface area contributed by atoms with Gasteiger partial charge in [-0.25, -0.2) is 58.7 Å². The van der Waals surface area contributed by atoms with Crippen molar-refractivity contribution < 1.29 is 41.2 Å². The van der Waals surface area contributed by atoms with Crippen LogP contribution in [0, 0.1) is 5.92 Å². The Morgan fingerprint density at radius 2 is 0.810 bits per heavy atom. The van der Waals surface area contributed by atoms with Crippen LogP contribution in [0.4, 0.5) is 0 Å². The molecule has 12 heterocycles. The molecule has 105 heavy (non-hydrogen) atoms. The van der Waals surface area contributed by atoms with E-state index in [0.29, 0.717) is 63.7 Å². The molecule has 1 aliphatic carbocycles. The minimum atomic E-state index is -0.982. The molecular weight excluding hydrogens is 1390 g/mol. The van der Waals surface area contributed by atoms with Crippen molar-refractivity contribution in [1.29, 1.82) is 0 Å². The van der Waals surface area contributed by atoms with Crippen LogP contribution in [0.25, 0.3) is 67.0 Å². The second-order valence-corrected chi connectivity index (χ2v) is 24.3. The molecule has 1 saturated carbocycles. The van der Waals surface area contributed by atoms with Gasteiger partial charge in [-0.2, -0.15) is 0 Å². The molecule has 46 heteroatoms. The number of imidazole rings is 6. The van der Waals surface area contributed by atoms with Gasteiger partial charge in [-0.15, -0.1) is 0 Å². The summed E-state index contributed by atoms with van der Waals surface area (Å²) >= 11 is 0. The van der Waals surface area contributed by atoms with Gasteiger partial charge in [-0.3, -0.25) is 84.4 Å². The van der Waals surface area contributed by atoms with E-state index in [4.69, 9.17) is 31.9 Å². The standard InChI is InChI=1S/C10H14N4O4.C10H20O2.C8H10N4O2.3C7H8N4O2.C5H4N4O2.C3H8O3.C2H8N2.H2O/c1-12-8-7(9(17)13(2)10(12)18)14(5-11-8)3-6(16)4-15;1-9(2,11)8-4-6-10(3,12)7-5-8;1-10-4-9-6-5(10)7(13)12(3)8(14)11(6)2;3*1-10-5-4(8-3-9-5)6(12)11(2)7(10)13;10-4-2-3(7-1-6-2)8-5(11)9-4;4-1-3(6)2-5;3-1-2-4;/h5-6,15-16H,3-4H2,1-2H3;8,11-12H,4-7H2,1-3H3;4H,1-3H3;3*3H,1-2H3,(H,8,9);1H,(H3,6,7,8,9,10,11);3-6H,1-2H2;1-4H2;1H2. The first-order chi connectivity index (χ1) is 48.7. The predicted octanol–water partition coefficient (Wildman–Crippen LogP) is -9.31. The summed E-state index contributed by atoms with van der Waals surface area (Å²) in [5.74, 6) is 0.359. The zero-order chi connectivity index (χ0) is 78.3. The zero-order valence-corrected chi connectivity index (χ0v) is 60.0. The lowest BCUT2D eigenvalue weighted by Crippen LogP contribution is -2.39. The summed E-state index contributed by atoms with van der Waals surface area (Å²) in [4.78, 5) is 175. The van der Waals surface area contributed by atoms with Crippen LogP contribution in [0.1, 0.15) is 46.5 Å². The Morgan fingerprint density at radius 3 is 1.17 bits per heavy atom. The quantitative estimate of drug-likeness (QED) is 0.0704. The fourth-order valence-corrected chi connectivity index (χ4v) is 9.97. The summed E-state index contributed by atoms with van der Waals surface area (Å²) in [6.45, 7) is 5.70. The van der Waals surface area contributed by atoms with E-state index >= 15 is 0 Å². The van der Waals surface area contributed by atoms with E-state index in [1.54, 1.807) is 39.8 Å². The summed E-state index contributed by atoms with van der Waals surface area (Å²) < 4.78 is 14.8. The second-order valence-electron chi connectivity index (χ2n) is 24.3. The average Bonchev–Trinajstić information content (AvgIpc) is 1.67. The van der Waals surface area contributed by atoms with Crippen LogP contribution in [0.2, 0.25) is 0 Å². The minimum absolute atomic E-state index is 0. The number of hydrogen-bond acceptors (Lipinski definition) is 27. The molecule has 12 aromatic rings. The molecule has 19 N–H and O–H groups in total. The smallest absolute Gasteiger partial charge is 0.332 e. The van der Waals surface area contributed by atoms with Gasteiger partial charge in [0, 0.05) is 90.6 Å². The lowest BCUT2D eigenvalue weighted by atomic mass is 9.73. The maximum absolute atomic E-state index is 12.0. The first-order valence-corrected chi connectivity index (χ1v) is 31.3. The Balaban J connectivity index is 0.000000254. The molecule has 0 saturated heterocycles. The monoisotopic (exact) mass is 1480 g/mol. The normalized spacial score (nSPS) is 14.1. The summed E-state index contributed by atoms with van der Waals surface area (Å²) in [7, 11) is 16.7. The number of hydrogen-bond donors (Lipinski definition) is 15. The van der Waals surface area contributed by atoms with Gasteiger partial charge in [-0.1, -0.05) is 0 Å². The van der Waals surface area contributed by atoms with E-state index in [1.165, 1.54) is 108 Å². The topological polar surface area (TPSA) is 661 Å². The van der Waals surface area contributed by atoms with Crippen LogP contribution in [0.5, 0.6) is 0 Å². The number of aromatic nitrogens is 24. The van der Waals surface area contributed by atoms with E-state index < -0.39 is 52.5 Å². The number of H-pyrrole nitrogens is 6. The SMILES string of the molecule is CC1(O)CCC(C(C)(C)O)CC1.Cn1c(=O)c2[nH]cnc2n(C)c1=O.Cn1c(=O)c2[nH]cnc2n(C)c1=O.Cn1c(=O)c2[nH]cnc2n(C)c1=O.Cn1c(=O)c2c(ncn2C)n(C)c1=O.Cn1c(=O)c2c(ncn2CC(O)CO)n(C)c1=O.NCCN.O.O=c1[nH]c(=O)c2[nH]cnc2[nH]1.OCC(O)CO. The van der Waals surface area contributed by atoms with Gasteiger partial charge in [0.2, 0.25) is 0 Å². The van der Waals surface area contributed by atoms with Gasteiger partial charge < -0.3 is 81.8 Å². The highest BCUT2D eigenvalue weighted by molar-refractivity contribution is 5.72. The van der Waals surface area contributed by atoms with E-state index in [0.717, 1.165) is 48.5 Å². The van der Waals surface area contributed by atoms with Gasteiger partial charge in [0.1, 0.15) is 28.2 Å². The molecule has 1 unspecified atom stereocenters. The van der Waals surface area contributed by atoms with Crippen LogP contribution in [0.15, 0.2) is 95.5 Å². The maximum Gasteiger partial charge on any atom is 0.332 e. The first-order valence-electron chi connectivity index (χ1n) is 31.3. The predicted molar refractivity (Wildman–Crippen MR) is 382 cm³/mol. The molecule has 0 spiro atoms. The molecule has 12 aromatic heterocycles. The number of rotatable bonds is 7. The van der Waals surface area contributed by atoms with E-state index in [1.807, 2.05) is 20.8 Å². The minimum Gasteiger partial charge on any atom is -0.412 e. The summed E-state index contributed by atoms with van der Waals surface area (Å²) in [5.41, 5.74) is 8.07. The Labute approximate surface area is 588 Å². The fraction of sp³-hybridized carbons (Fsp3) is 0.492. The molecule has 1 fully saturated rings. The van der Waals surface area contributed by atoms with E-state index in [2.05, 4.69) is 59.8 Å². The molecular formula is C59H90N26O20. The number of nitrogens with two attached hydrogens (primary N) is 2. The Hall–Kier alpha value is -11.5. The first kappa shape index (κ1) is 85.9. The molecule has 1 atom stereocenters. The van der Waals surface area contributed by atoms with Crippen molar-refractivity contribution in [3.05, 3.63) is 163 Å². The maximum atomic E-state index is 12.0. The third-order valence-corrected chi connectivity index (χ3v) is 16.2. The van der Waals surface area contributed by atoms with Gasteiger partial charge >= 0.3 is 34.1 Å². The highest BCUT2D eigenvalue weighted by atomic mass is 16.3. The molecule has 576 valence electrons. The van der Waals surface area contributed by atoms with Gasteiger partial charge in [0.15, 0.2) is 44.9 Å². The van der Waals surface area contributed by atoms with E-state index in [9.17, 15) is 72.9 Å². The van der Waals surface area contributed by atoms with Crippen molar-refractivity contribution in [1.82, 2.24) is 115 Å². The van der Waals surface area contributed by atoms with Crippen molar-refractivity contribution in [2.24, 2.45) is 94.9 Å². The number of aromatic amines is 6. The van der Waals surface area contributed by atoms with Crippen LogP contribution >= 0.6 is 0 Å². The molecule has 0 bridgehead atoms. The lowest BCUT2D eigenvalue weighted by molar-refractivity contribution is -0.0509. The van der Waals surface area contributed by atoms with Gasteiger partial charge in [0.25, 0.3) is 33.4 Å². The number of fused-ring (bicyclic) bond motifs is 6. The van der Waals surface area contributed by atoms with Crippen LogP contribution in [-0.4, -0.2) is 212 Å². The van der Waals surface area contributed by atoms with Crippen molar-refractivity contribution in [2.45, 2.75) is 76.4 Å². The number of aryl methyl sites for hydroxylation is 6. The Bertz CT molecular complexity index is 5460. The average molecular weight is 1480 g/mol. The molecule has 0 radical (unpaired) electrons. The highest BCUT2D eigenvalue weighted by Crippen LogP contribution is 2.37. The lowest BCUT2D eigenvalue weighted by Gasteiger charge is -2.38. The molecule has 1 aliphatic rings. The molecule has 46 nitrogen and oxygen atoms in total. The van der Waals surface area contributed by atoms with Crippen LogP contribution in [0.3, 0.4) is 0 Å². The third-order valence-electron chi connectivity index (χ3n) is 16.2. The molecule has 0 aromatic carbocycles. The molecule has 13 rings (SSSR count). The van der Waals surface area contributed by atoms with Crippen LogP contribution in [-0.2, 0) is 84.1 Å². The molecule has 0 aliphatic heterocycles. The third kappa shape index (κ3) is 19.8.